The topological polar surface area (TPSA) is 64.4 Å². The van der Waals surface area contributed by atoms with E-state index in [2.05, 4.69) is 19.2 Å². The van der Waals surface area contributed by atoms with Crippen molar-refractivity contribution in [2.75, 3.05) is 0 Å². The first-order valence-corrected chi connectivity index (χ1v) is 9.37. The van der Waals surface area contributed by atoms with Crippen LogP contribution in [0.15, 0.2) is 34.7 Å². The van der Waals surface area contributed by atoms with Crippen molar-refractivity contribution in [3.05, 3.63) is 41.8 Å². The molecule has 5 heteroatoms. The zero-order chi connectivity index (χ0) is 18.7. The Labute approximate surface area is 155 Å². The van der Waals surface area contributed by atoms with E-state index in [1.807, 2.05) is 37.3 Å². The highest BCUT2D eigenvalue weighted by molar-refractivity contribution is 5.73. The highest BCUT2D eigenvalue weighted by Crippen LogP contribution is 2.36. The minimum Gasteiger partial charge on any atom is -0.441 e. The number of nitrogens with one attached hydrogen (secondary N) is 1. The smallest absolute Gasteiger partial charge is 0.226 e. The molecule has 0 bridgehead atoms. The summed E-state index contributed by atoms with van der Waals surface area (Å²) in [4.78, 5) is 16.3. The molecular formula is C21H28N2O3. The molecule has 5 nitrogen and oxygen atoms in total. The molecule has 0 radical (unpaired) electrons. The van der Waals surface area contributed by atoms with Crippen LogP contribution in [0.2, 0.25) is 0 Å². The third kappa shape index (κ3) is 4.52. The van der Waals surface area contributed by atoms with E-state index in [-0.39, 0.29) is 24.2 Å². The molecule has 1 fully saturated rings. The quantitative estimate of drug-likeness (QED) is 0.861. The Morgan fingerprint density at radius 1 is 1.27 bits per heavy atom. The third-order valence-electron chi connectivity index (χ3n) is 4.70. The molecule has 1 aromatic carbocycles. The summed E-state index contributed by atoms with van der Waals surface area (Å²) >= 11 is 0. The molecule has 140 valence electrons. The van der Waals surface area contributed by atoms with Gasteiger partial charge in [0.05, 0.1) is 6.10 Å². The number of hydrogen-bond acceptors (Lipinski definition) is 4. The van der Waals surface area contributed by atoms with Gasteiger partial charge in [-0.1, -0.05) is 32.0 Å². The van der Waals surface area contributed by atoms with Crippen molar-refractivity contribution in [1.82, 2.24) is 10.3 Å². The summed E-state index contributed by atoms with van der Waals surface area (Å²) in [5.74, 6) is 1.93. The maximum atomic E-state index is 11.6. The molecule has 2 heterocycles. The second-order valence-electron chi connectivity index (χ2n) is 7.57. The fraction of sp³-hybridized carbons (Fsp3) is 0.524. The van der Waals surface area contributed by atoms with E-state index in [0.717, 1.165) is 36.3 Å². The molecular weight excluding hydrogens is 328 g/mol. The Morgan fingerprint density at radius 3 is 2.65 bits per heavy atom. The largest absolute Gasteiger partial charge is 0.441 e. The molecule has 1 aliphatic heterocycles. The number of aromatic nitrogens is 1. The van der Waals surface area contributed by atoms with Gasteiger partial charge in [-0.25, -0.2) is 4.98 Å². The van der Waals surface area contributed by atoms with Crippen molar-refractivity contribution in [3.63, 3.8) is 0 Å². The van der Waals surface area contributed by atoms with Crippen molar-refractivity contribution in [1.29, 1.82) is 0 Å². The van der Waals surface area contributed by atoms with Crippen LogP contribution in [0.1, 0.15) is 57.6 Å². The van der Waals surface area contributed by atoms with E-state index in [1.54, 1.807) is 6.92 Å². The van der Waals surface area contributed by atoms with Gasteiger partial charge in [0.15, 0.2) is 0 Å². The molecule has 1 N–H and O–H groups in total. The van der Waals surface area contributed by atoms with Crippen LogP contribution in [0.3, 0.4) is 0 Å². The van der Waals surface area contributed by atoms with Crippen LogP contribution >= 0.6 is 0 Å². The number of rotatable bonds is 5. The minimum atomic E-state index is -0.162. The van der Waals surface area contributed by atoms with Gasteiger partial charge >= 0.3 is 0 Å². The molecule has 2 aromatic rings. The number of nitrogens with zero attached hydrogens (tertiary/aromatic N) is 1. The average Bonchev–Trinajstić information content (AvgIpc) is 2.96. The summed E-state index contributed by atoms with van der Waals surface area (Å²) in [7, 11) is 0. The molecule has 0 spiro atoms. The van der Waals surface area contributed by atoms with Crippen LogP contribution in [0, 0.1) is 12.8 Å². The van der Waals surface area contributed by atoms with Crippen molar-refractivity contribution < 1.29 is 13.9 Å². The second-order valence-corrected chi connectivity index (χ2v) is 7.57. The zero-order valence-corrected chi connectivity index (χ0v) is 16.0. The lowest BCUT2D eigenvalue weighted by Gasteiger charge is -2.36. The number of benzene rings is 1. The highest BCUT2D eigenvalue weighted by Gasteiger charge is 2.34. The Bertz CT molecular complexity index is 739. The number of amides is 1. The van der Waals surface area contributed by atoms with Crippen LogP contribution in [0.4, 0.5) is 0 Å². The second kappa shape index (κ2) is 8.04. The van der Waals surface area contributed by atoms with Gasteiger partial charge < -0.3 is 14.5 Å². The van der Waals surface area contributed by atoms with Gasteiger partial charge in [-0.3, -0.25) is 4.79 Å². The van der Waals surface area contributed by atoms with E-state index < -0.39 is 0 Å². The molecule has 3 rings (SSSR count). The van der Waals surface area contributed by atoms with E-state index >= 15 is 0 Å². The maximum absolute atomic E-state index is 11.6. The SMILES string of the molecule is CC(=O)N[C@@H]1C[C@H](CC(C)C)O[C@H](c2nc(-c3ccccc3)oc2C)C1. The summed E-state index contributed by atoms with van der Waals surface area (Å²) in [5, 5.41) is 3.07. The first kappa shape index (κ1) is 18.6. The molecule has 3 atom stereocenters. The van der Waals surface area contributed by atoms with Crippen molar-refractivity contribution >= 4 is 5.91 Å². The van der Waals surface area contributed by atoms with Crippen molar-refractivity contribution in [2.24, 2.45) is 5.92 Å². The van der Waals surface area contributed by atoms with Gasteiger partial charge in [-0.2, -0.15) is 0 Å². The number of ether oxygens (including phenoxy) is 1. The molecule has 1 amide bonds. The predicted octanol–water partition coefficient (Wildman–Crippen LogP) is 4.42. The van der Waals surface area contributed by atoms with Crippen LogP contribution in [0.5, 0.6) is 0 Å². The Kier molecular flexibility index (Phi) is 5.77. The maximum Gasteiger partial charge on any atom is 0.226 e. The summed E-state index contributed by atoms with van der Waals surface area (Å²) < 4.78 is 12.3. The monoisotopic (exact) mass is 356 g/mol. The summed E-state index contributed by atoms with van der Waals surface area (Å²) in [5.41, 5.74) is 1.79. The predicted molar refractivity (Wildman–Crippen MR) is 101 cm³/mol. The van der Waals surface area contributed by atoms with Crippen LogP contribution < -0.4 is 5.32 Å². The number of carbonyl (C=O) groups is 1. The van der Waals surface area contributed by atoms with Gasteiger partial charge in [0, 0.05) is 18.5 Å². The van der Waals surface area contributed by atoms with Crippen LogP contribution in [0.25, 0.3) is 11.5 Å². The fourth-order valence-electron chi connectivity index (χ4n) is 3.69. The van der Waals surface area contributed by atoms with E-state index in [9.17, 15) is 4.79 Å². The number of hydrogen-bond donors (Lipinski definition) is 1. The lowest BCUT2D eigenvalue weighted by molar-refractivity contribution is -0.122. The van der Waals surface area contributed by atoms with E-state index in [4.69, 9.17) is 14.1 Å². The van der Waals surface area contributed by atoms with Crippen molar-refractivity contribution in [3.8, 4) is 11.5 Å². The standard InChI is InChI=1S/C21H28N2O3/c1-13(2)10-18-11-17(22-15(4)24)12-19(26-18)20-14(3)25-21(23-20)16-8-6-5-7-9-16/h5-9,13,17-19H,10-12H2,1-4H3,(H,22,24)/t17-,18+,19+/m1/s1. The van der Waals surface area contributed by atoms with Crippen molar-refractivity contribution in [2.45, 2.75) is 65.2 Å². The van der Waals surface area contributed by atoms with E-state index in [0.29, 0.717) is 11.8 Å². The van der Waals surface area contributed by atoms with Crippen LogP contribution in [-0.4, -0.2) is 23.0 Å². The number of oxazole rings is 1. The van der Waals surface area contributed by atoms with Gasteiger partial charge in [0.25, 0.3) is 0 Å². The van der Waals surface area contributed by atoms with Crippen LogP contribution in [-0.2, 0) is 9.53 Å². The molecule has 1 saturated heterocycles. The molecule has 0 saturated carbocycles. The molecule has 0 unspecified atom stereocenters. The molecule has 1 aromatic heterocycles. The van der Waals surface area contributed by atoms with E-state index in [1.165, 1.54) is 0 Å². The van der Waals surface area contributed by atoms with Gasteiger partial charge in [-0.05, 0) is 44.2 Å². The molecule has 1 aliphatic rings. The molecule has 0 aliphatic carbocycles. The zero-order valence-electron chi connectivity index (χ0n) is 16.0. The minimum absolute atomic E-state index is 0.000737. The third-order valence-corrected chi connectivity index (χ3v) is 4.70. The summed E-state index contributed by atoms with van der Waals surface area (Å²) in [6.45, 7) is 7.87. The van der Waals surface area contributed by atoms with Gasteiger partial charge in [-0.15, -0.1) is 0 Å². The number of aryl methyl sites for hydroxylation is 1. The van der Waals surface area contributed by atoms with Gasteiger partial charge in [0.2, 0.25) is 11.8 Å². The van der Waals surface area contributed by atoms with Gasteiger partial charge in [0.1, 0.15) is 17.6 Å². The first-order valence-electron chi connectivity index (χ1n) is 9.37. The average molecular weight is 356 g/mol. The Morgan fingerprint density at radius 2 is 2.00 bits per heavy atom. The highest BCUT2D eigenvalue weighted by atomic mass is 16.5. The molecule has 26 heavy (non-hydrogen) atoms. The fourth-order valence-corrected chi connectivity index (χ4v) is 3.69. The Balaban J connectivity index is 1.84. The lowest BCUT2D eigenvalue weighted by atomic mass is 9.92. The number of carbonyl (C=O) groups excluding carboxylic acids is 1. The summed E-state index contributed by atoms with van der Waals surface area (Å²) in [6, 6.07) is 9.98. The first-order chi connectivity index (χ1) is 12.4. The Hall–Kier alpha value is -2.14. The lowest BCUT2D eigenvalue weighted by Crippen LogP contribution is -2.42. The summed E-state index contributed by atoms with van der Waals surface area (Å²) in [6.07, 6.45) is 2.48. The normalized spacial score (nSPS) is 23.2.